The molecule has 0 aliphatic heterocycles. The molecule has 2 aromatic rings. The summed E-state index contributed by atoms with van der Waals surface area (Å²) in [5.41, 5.74) is 1.30. The minimum absolute atomic E-state index is 0.904. The molecule has 90 valence electrons. The highest BCUT2D eigenvalue weighted by Gasteiger charge is 1.96. The number of hydrogen-bond acceptors (Lipinski definition) is 2. The predicted octanol–water partition coefficient (Wildman–Crippen LogP) is 2.74. The molecule has 3 nitrogen and oxygen atoms in total. The first kappa shape index (κ1) is 12.3. The van der Waals surface area contributed by atoms with E-state index in [0.29, 0.717) is 0 Å². The molecule has 0 aliphatic carbocycles. The quantitative estimate of drug-likeness (QED) is 0.859. The number of nitrogens with one attached hydrogen (secondary N) is 1. The van der Waals surface area contributed by atoms with Crippen LogP contribution in [0.1, 0.15) is 11.4 Å². The van der Waals surface area contributed by atoms with Gasteiger partial charge in [-0.25, -0.2) is 4.98 Å². The van der Waals surface area contributed by atoms with Crippen LogP contribution in [0.25, 0.3) is 0 Å². The summed E-state index contributed by atoms with van der Waals surface area (Å²) in [6, 6.07) is 8.38. The van der Waals surface area contributed by atoms with Gasteiger partial charge in [-0.3, -0.25) is 0 Å². The summed E-state index contributed by atoms with van der Waals surface area (Å²) in [6.07, 6.45) is 3.85. The molecule has 4 heteroatoms. The average molecular weight is 294 g/mol. The molecule has 1 aromatic heterocycles. The molecule has 1 aromatic carbocycles. The summed E-state index contributed by atoms with van der Waals surface area (Å²) in [5.74, 6) is 1.07. The van der Waals surface area contributed by atoms with Crippen LogP contribution in [0.5, 0.6) is 0 Å². The number of imidazole rings is 1. The third-order valence-corrected chi connectivity index (χ3v) is 3.22. The van der Waals surface area contributed by atoms with Crippen molar-refractivity contribution in [2.24, 2.45) is 0 Å². The largest absolute Gasteiger partial charge is 0.334 e. The molecule has 0 unspecified atom stereocenters. The molecule has 1 heterocycles. The van der Waals surface area contributed by atoms with Gasteiger partial charge in [0.2, 0.25) is 0 Å². The van der Waals surface area contributed by atoms with Crippen molar-refractivity contribution in [3.63, 3.8) is 0 Å². The van der Waals surface area contributed by atoms with E-state index in [1.807, 2.05) is 19.3 Å². The van der Waals surface area contributed by atoms with E-state index in [0.717, 1.165) is 29.9 Å². The summed E-state index contributed by atoms with van der Waals surface area (Å²) in [6.45, 7) is 4.84. The van der Waals surface area contributed by atoms with Gasteiger partial charge >= 0.3 is 0 Å². The maximum absolute atomic E-state index is 4.19. The second kappa shape index (κ2) is 5.98. The lowest BCUT2D eigenvalue weighted by molar-refractivity contribution is 0.587. The van der Waals surface area contributed by atoms with Crippen molar-refractivity contribution in [3.8, 4) is 0 Å². The fourth-order valence-electron chi connectivity index (χ4n) is 1.67. The maximum atomic E-state index is 4.19. The Morgan fingerprint density at radius 2 is 2.06 bits per heavy atom. The maximum Gasteiger partial charge on any atom is 0.105 e. The first-order valence-electron chi connectivity index (χ1n) is 5.68. The van der Waals surface area contributed by atoms with E-state index < -0.39 is 0 Å². The SMILES string of the molecule is Cc1nccn1CCNCc1ccc(Br)cc1. The van der Waals surface area contributed by atoms with Crippen LogP contribution in [0.15, 0.2) is 41.1 Å². The fourth-order valence-corrected chi connectivity index (χ4v) is 1.94. The third-order valence-electron chi connectivity index (χ3n) is 2.70. The van der Waals surface area contributed by atoms with E-state index in [2.05, 4.69) is 55.1 Å². The van der Waals surface area contributed by atoms with Crippen molar-refractivity contribution in [1.82, 2.24) is 14.9 Å². The van der Waals surface area contributed by atoms with E-state index in [9.17, 15) is 0 Å². The number of halogens is 1. The highest BCUT2D eigenvalue weighted by atomic mass is 79.9. The Morgan fingerprint density at radius 3 is 2.71 bits per heavy atom. The molecular formula is C13H16BrN3. The van der Waals surface area contributed by atoms with Crippen LogP contribution in [0, 0.1) is 6.92 Å². The van der Waals surface area contributed by atoms with Crippen LogP contribution in [0.4, 0.5) is 0 Å². The standard InChI is InChI=1S/C13H16BrN3/c1-11-16-7-9-17(11)8-6-15-10-12-2-4-13(14)5-3-12/h2-5,7,9,15H,6,8,10H2,1H3. The average Bonchev–Trinajstić information content (AvgIpc) is 2.73. The van der Waals surface area contributed by atoms with Crippen LogP contribution >= 0.6 is 15.9 Å². The molecule has 0 bridgehead atoms. The topological polar surface area (TPSA) is 29.9 Å². The van der Waals surface area contributed by atoms with E-state index in [4.69, 9.17) is 0 Å². The van der Waals surface area contributed by atoms with Gasteiger partial charge in [-0.05, 0) is 24.6 Å². The van der Waals surface area contributed by atoms with E-state index >= 15 is 0 Å². The minimum atomic E-state index is 0.904. The Kier molecular flexibility index (Phi) is 4.34. The first-order chi connectivity index (χ1) is 8.25. The van der Waals surface area contributed by atoms with Gasteiger partial charge in [0.25, 0.3) is 0 Å². The lowest BCUT2D eigenvalue weighted by atomic mass is 10.2. The Labute approximate surface area is 110 Å². The van der Waals surface area contributed by atoms with E-state index in [1.165, 1.54) is 5.56 Å². The molecule has 2 rings (SSSR count). The van der Waals surface area contributed by atoms with Gasteiger partial charge in [0, 0.05) is 36.5 Å². The van der Waals surface area contributed by atoms with Gasteiger partial charge in [0.1, 0.15) is 5.82 Å². The molecule has 0 fully saturated rings. The van der Waals surface area contributed by atoms with Crippen molar-refractivity contribution < 1.29 is 0 Å². The Hall–Kier alpha value is -1.13. The van der Waals surface area contributed by atoms with Gasteiger partial charge in [-0.15, -0.1) is 0 Å². The highest BCUT2D eigenvalue weighted by Crippen LogP contribution is 2.10. The lowest BCUT2D eigenvalue weighted by Gasteiger charge is -2.07. The summed E-state index contributed by atoms with van der Waals surface area (Å²) < 4.78 is 3.27. The molecule has 0 amide bonds. The second-order valence-corrected chi connectivity index (χ2v) is 4.89. The Bertz CT molecular complexity index is 462. The van der Waals surface area contributed by atoms with Crippen LogP contribution in [-0.2, 0) is 13.1 Å². The molecule has 0 saturated carbocycles. The van der Waals surface area contributed by atoms with Crippen molar-refractivity contribution in [3.05, 3.63) is 52.5 Å². The Balaban J connectivity index is 1.73. The number of rotatable bonds is 5. The predicted molar refractivity (Wildman–Crippen MR) is 72.8 cm³/mol. The van der Waals surface area contributed by atoms with Crippen LogP contribution in [0.2, 0.25) is 0 Å². The molecule has 0 atom stereocenters. The summed E-state index contributed by atoms with van der Waals surface area (Å²) in [5, 5.41) is 3.42. The summed E-state index contributed by atoms with van der Waals surface area (Å²) in [4.78, 5) is 4.19. The van der Waals surface area contributed by atoms with Crippen molar-refractivity contribution >= 4 is 15.9 Å². The van der Waals surface area contributed by atoms with Gasteiger partial charge in [-0.2, -0.15) is 0 Å². The van der Waals surface area contributed by atoms with Crippen LogP contribution in [0.3, 0.4) is 0 Å². The van der Waals surface area contributed by atoms with Gasteiger partial charge in [-0.1, -0.05) is 28.1 Å². The van der Waals surface area contributed by atoms with Crippen LogP contribution < -0.4 is 5.32 Å². The zero-order valence-electron chi connectivity index (χ0n) is 9.86. The lowest BCUT2D eigenvalue weighted by Crippen LogP contribution is -2.19. The third kappa shape index (κ3) is 3.68. The molecule has 17 heavy (non-hydrogen) atoms. The van der Waals surface area contributed by atoms with Crippen molar-refractivity contribution in [1.29, 1.82) is 0 Å². The Morgan fingerprint density at radius 1 is 1.29 bits per heavy atom. The minimum Gasteiger partial charge on any atom is -0.334 e. The molecule has 0 radical (unpaired) electrons. The summed E-state index contributed by atoms with van der Waals surface area (Å²) in [7, 11) is 0. The number of benzene rings is 1. The number of aryl methyl sites for hydroxylation is 1. The molecular weight excluding hydrogens is 278 g/mol. The number of aromatic nitrogens is 2. The van der Waals surface area contributed by atoms with Gasteiger partial charge in [0.05, 0.1) is 0 Å². The number of hydrogen-bond donors (Lipinski definition) is 1. The van der Waals surface area contributed by atoms with E-state index in [-0.39, 0.29) is 0 Å². The normalized spacial score (nSPS) is 10.7. The van der Waals surface area contributed by atoms with Gasteiger partial charge < -0.3 is 9.88 Å². The molecule has 0 aliphatic rings. The fraction of sp³-hybridized carbons (Fsp3) is 0.308. The number of nitrogens with zero attached hydrogens (tertiary/aromatic N) is 2. The molecule has 0 saturated heterocycles. The zero-order chi connectivity index (χ0) is 12.1. The smallest absolute Gasteiger partial charge is 0.105 e. The van der Waals surface area contributed by atoms with E-state index in [1.54, 1.807) is 0 Å². The van der Waals surface area contributed by atoms with Gasteiger partial charge in [0.15, 0.2) is 0 Å². The van der Waals surface area contributed by atoms with Crippen molar-refractivity contribution in [2.45, 2.75) is 20.0 Å². The summed E-state index contributed by atoms with van der Waals surface area (Å²) >= 11 is 3.43. The van der Waals surface area contributed by atoms with Crippen molar-refractivity contribution in [2.75, 3.05) is 6.54 Å². The molecule has 0 spiro atoms. The van der Waals surface area contributed by atoms with Crippen LogP contribution in [-0.4, -0.2) is 16.1 Å². The monoisotopic (exact) mass is 293 g/mol. The first-order valence-corrected chi connectivity index (χ1v) is 6.48. The molecule has 1 N–H and O–H groups in total. The highest BCUT2D eigenvalue weighted by molar-refractivity contribution is 9.10. The zero-order valence-corrected chi connectivity index (χ0v) is 11.4. The second-order valence-electron chi connectivity index (χ2n) is 3.97.